The zero-order valence-electron chi connectivity index (χ0n) is 17.4. The summed E-state index contributed by atoms with van der Waals surface area (Å²) in [4.78, 5) is 34.3. The molecule has 2 N–H and O–H groups in total. The lowest BCUT2D eigenvalue weighted by Crippen LogP contribution is -2.42. The summed E-state index contributed by atoms with van der Waals surface area (Å²) >= 11 is 0. The normalized spacial score (nSPS) is 16.1. The maximum Gasteiger partial charge on any atom is 0.408 e. The molecule has 0 spiro atoms. The van der Waals surface area contributed by atoms with E-state index in [1.807, 2.05) is 0 Å². The highest BCUT2D eigenvalue weighted by atomic mass is 16.6. The second kappa shape index (κ2) is 11.0. The Balaban J connectivity index is 3.27. The maximum absolute atomic E-state index is 12.2. The lowest BCUT2D eigenvalue weighted by molar-refractivity contribution is -0.421. The van der Waals surface area contributed by atoms with Crippen LogP contribution in [-0.2, 0) is 9.53 Å². The van der Waals surface area contributed by atoms with Crippen LogP contribution in [0, 0.1) is 10.1 Å². The number of carbonyl (C=O) groups is 2. The van der Waals surface area contributed by atoms with Crippen LogP contribution in [0.25, 0.3) is 0 Å². The molecule has 0 fully saturated rings. The van der Waals surface area contributed by atoms with Crippen LogP contribution in [0.5, 0.6) is 0 Å². The molecule has 1 atom stereocenters. The minimum atomic E-state index is -0.659. The second-order valence-electron chi connectivity index (χ2n) is 7.37. The molecule has 29 heavy (non-hydrogen) atoms. The summed E-state index contributed by atoms with van der Waals surface area (Å²) in [6.45, 7) is 8.99. The van der Waals surface area contributed by atoms with Crippen molar-refractivity contribution in [3.8, 4) is 0 Å². The van der Waals surface area contributed by atoms with E-state index in [9.17, 15) is 19.7 Å². The molecular formula is C21H29N3O5. The number of nitro groups is 1. The van der Waals surface area contributed by atoms with Crippen molar-refractivity contribution < 1.29 is 19.2 Å². The molecule has 8 heteroatoms. The smallest absolute Gasteiger partial charge is 0.408 e. The van der Waals surface area contributed by atoms with E-state index in [0.29, 0.717) is 42.4 Å². The molecule has 1 rings (SSSR count). The predicted molar refractivity (Wildman–Crippen MR) is 112 cm³/mol. The number of hydrogen-bond acceptors (Lipinski definition) is 6. The summed E-state index contributed by atoms with van der Waals surface area (Å²) in [6.07, 6.45) is 9.37. The highest BCUT2D eigenvalue weighted by Gasteiger charge is 2.25. The van der Waals surface area contributed by atoms with Gasteiger partial charge in [-0.3, -0.25) is 14.9 Å². The number of nitrogens with one attached hydrogen (secondary N) is 2. The number of likely N-dealkylation sites (N-methyl/N-ethyl adjacent to an activating group) is 1. The number of carbonyl (C=O) groups excluding carboxylic acids is 2. The standard InChI is InChI=1S/C21H29N3O5/c1-6-9-17(23-20(26)29-21(2,3)4)18(22-5)14-15(12-13-25)16-10-7-8-11-19(16)24(27)28/h6,10-14,17,22H,1,7-9H2,2-5H3,(H,23,26)/b15-12+,18-14-. The van der Waals surface area contributed by atoms with E-state index in [0.717, 1.165) is 0 Å². The van der Waals surface area contributed by atoms with Gasteiger partial charge in [-0.15, -0.1) is 6.58 Å². The van der Waals surface area contributed by atoms with Crippen LogP contribution >= 0.6 is 0 Å². The molecule has 0 saturated heterocycles. The minimum Gasteiger partial charge on any atom is -0.444 e. The van der Waals surface area contributed by atoms with Crippen LogP contribution in [0.3, 0.4) is 0 Å². The summed E-state index contributed by atoms with van der Waals surface area (Å²) in [5.74, 6) is 0. The fourth-order valence-electron chi connectivity index (χ4n) is 2.78. The lowest BCUT2D eigenvalue weighted by Gasteiger charge is -2.25. The molecule has 0 aromatic heterocycles. The Bertz CT molecular complexity index is 770. The SMILES string of the molecule is C=CCC(NC(=O)OC(C)(C)C)/C(=C/C(=C\C=O)C1=CCCC=C1[N+](=O)[O-])NC. The molecule has 0 radical (unpaired) electrons. The van der Waals surface area contributed by atoms with Gasteiger partial charge in [-0.25, -0.2) is 4.79 Å². The van der Waals surface area contributed by atoms with E-state index >= 15 is 0 Å². The van der Waals surface area contributed by atoms with E-state index < -0.39 is 22.7 Å². The third-order valence-corrected chi connectivity index (χ3v) is 3.95. The van der Waals surface area contributed by atoms with Gasteiger partial charge in [0.2, 0.25) is 0 Å². The molecule has 0 heterocycles. The summed E-state index contributed by atoms with van der Waals surface area (Å²) < 4.78 is 5.31. The first kappa shape index (κ1) is 23.9. The van der Waals surface area contributed by atoms with Gasteiger partial charge in [0.05, 0.1) is 16.5 Å². The number of hydrogen-bond donors (Lipinski definition) is 2. The highest BCUT2D eigenvalue weighted by molar-refractivity contribution is 5.72. The molecule has 0 aliphatic heterocycles. The third kappa shape index (κ3) is 7.77. The molecule has 1 aliphatic carbocycles. The fourth-order valence-corrected chi connectivity index (χ4v) is 2.78. The molecule has 0 bridgehead atoms. The van der Waals surface area contributed by atoms with Crippen molar-refractivity contribution in [3.05, 3.63) is 69.6 Å². The van der Waals surface area contributed by atoms with Crippen LogP contribution in [0.15, 0.2) is 59.5 Å². The Morgan fingerprint density at radius 2 is 2.03 bits per heavy atom. The van der Waals surface area contributed by atoms with Crippen molar-refractivity contribution in [1.82, 2.24) is 10.6 Å². The van der Waals surface area contributed by atoms with E-state index in [1.54, 1.807) is 52.1 Å². The average molecular weight is 403 g/mol. The lowest BCUT2D eigenvalue weighted by atomic mass is 9.94. The van der Waals surface area contributed by atoms with Gasteiger partial charge in [0, 0.05) is 12.7 Å². The predicted octanol–water partition coefficient (Wildman–Crippen LogP) is 3.57. The number of ether oxygens (including phenoxy) is 1. The Morgan fingerprint density at radius 1 is 1.38 bits per heavy atom. The van der Waals surface area contributed by atoms with Crippen molar-refractivity contribution in [2.75, 3.05) is 7.05 Å². The molecule has 0 saturated carbocycles. The van der Waals surface area contributed by atoms with Gasteiger partial charge in [-0.05, 0) is 63.8 Å². The van der Waals surface area contributed by atoms with Gasteiger partial charge >= 0.3 is 6.09 Å². The molecule has 1 aliphatic rings. The number of allylic oxidation sites excluding steroid dienone is 5. The first-order chi connectivity index (χ1) is 13.6. The molecule has 8 nitrogen and oxygen atoms in total. The summed E-state index contributed by atoms with van der Waals surface area (Å²) in [5, 5.41) is 17.2. The molecule has 1 unspecified atom stereocenters. The van der Waals surface area contributed by atoms with Gasteiger partial charge in [0.1, 0.15) is 11.9 Å². The molecular weight excluding hydrogens is 374 g/mol. The van der Waals surface area contributed by atoms with Gasteiger partial charge < -0.3 is 15.4 Å². The van der Waals surface area contributed by atoms with E-state index in [2.05, 4.69) is 17.2 Å². The van der Waals surface area contributed by atoms with Crippen molar-refractivity contribution in [3.63, 3.8) is 0 Å². The molecule has 0 aromatic carbocycles. The Labute approximate surface area is 171 Å². The van der Waals surface area contributed by atoms with Gasteiger partial charge in [-0.2, -0.15) is 0 Å². The number of nitrogens with zero attached hydrogens (tertiary/aromatic N) is 1. The van der Waals surface area contributed by atoms with Crippen molar-refractivity contribution in [1.29, 1.82) is 0 Å². The van der Waals surface area contributed by atoms with Crippen LogP contribution in [0.1, 0.15) is 40.0 Å². The number of aldehydes is 1. The summed E-state index contributed by atoms with van der Waals surface area (Å²) in [5.41, 5.74) is 0.602. The van der Waals surface area contributed by atoms with Gasteiger partial charge in [0.25, 0.3) is 5.70 Å². The molecule has 1 amide bonds. The Hall–Kier alpha value is -3.16. The van der Waals surface area contributed by atoms with Crippen molar-refractivity contribution in [2.45, 2.75) is 51.7 Å². The van der Waals surface area contributed by atoms with Crippen LogP contribution < -0.4 is 10.6 Å². The zero-order chi connectivity index (χ0) is 22.0. The van der Waals surface area contributed by atoms with Crippen LogP contribution in [0.2, 0.25) is 0 Å². The van der Waals surface area contributed by atoms with Gasteiger partial charge in [0.15, 0.2) is 0 Å². The highest BCUT2D eigenvalue weighted by Crippen LogP contribution is 2.27. The Kier molecular flexibility index (Phi) is 9.05. The number of rotatable bonds is 9. The summed E-state index contributed by atoms with van der Waals surface area (Å²) in [6, 6.07) is -0.519. The second-order valence-corrected chi connectivity index (χ2v) is 7.37. The topological polar surface area (TPSA) is 111 Å². The fraction of sp³-hybridized carbons (Fsp3) is 0.429. The van der Waals surface area contributed by atoms with Crippen molar-refractivity contribution in [2.24, 2.45) is 0 Å². The summed E-state index contributed by atoms with van der Waals surface area (Å²) in [7, 11) is 1.66. The van der Waals surface area contributed by atoms with Gasteiger partial charge in [-0.1, -0.05) is 12.2 Å². The number of alkyl carbamates (subject to hydrolysis) is 1. The first-order valence-corrected chi connectivity index (χ1v) is 9.33. The third-order valence-electron chi connectivity index (χ3n) is 3.95. The molecule has 158 valence electrons. The molecule has 0 aromatic rings. The van der Waals surface area contributed by atoms with E-state index in [-0.39, 0.29) is 5.70 Å². The zero-order valence-corrected chi connectivity index (χ0v) is 17.4. The van der Waals surface area contributed by atoms with E-state index in [4.69, 9.17) is 4.74 Å². The van der Waals surface area contributed by atoms with Crippen LogP contribution in [-0.4, -0.2) is 36.0 Å². The monoisotopic (exact) mass is 403 g/mol. The maximum atomic E-state index is 12.2. The van der Waals surface area contributed by atoms with Crippen molar-refractivity contribution >= 4 is 12.4 Å². The van der Waals surface area contributed by atoms with E-state index in [1.165, 1.54) is 6.08 Å². The largest absolute Gasteiger partial charge is 0.444 e. The minimum absolute atomic E-state index is 0.0450. The average Bonchev–Trinajstić information content (AvgIpc) is 2.63. The number of amides is 1. The quantitative estimate of drug-likeness (QED) is 0.152. The van der Waals surface area contributed by atoms with Crippen LogP contribution in [0.4, 0.5) is 4.79 Å². The first-order valence-electron chi connectivity index (χ1n) is 9.33. The Morgan fingerprint density at radius 3 is 2.55 bits per heavy atom.